The van der Waals surface area contributed by atoms with Gasteiger partial charge in [0.1, 0.15) is 5.75 Å². The molecule has 0 aliphatic heterocycles. The van der Waals surface area contributed by atoms with Gasteiger partial charge in [-0.2, -0.15) is 0 Å². The van der Waals surface area contributed by atoms with Crippen molar-refractivity contribution in [2.45, 2.75) is 6.54 Å². The Hall–Kier alpha value is -1.61. The van der Waals surface area contributed by atoms with Crippen molar-refractivity contribution < 1.29 is 4.74 Å². The summed E-state index contributed by atoms with van der Waals surface area (Å²) in [5.41, 5.74) is 1.98. The zero-order valence-electron chi connectivity index (χ0n) is 8.96. The summed E-state index contributed by atoms with van der Waals surface area (Å²) >= 11 is 6.07. The molecule has 4 heteroatoms. The van der Waals surface area contributed by atoms with Crippen LogP contribution in [0.25, 0.3) is 0 Å². The minimum atomic E-state index is 0.687. The number of aromatic nitrogens is 1. The van der Waals surface area contributed by atoms with E-state index in [1.807, 2.05) is 36.5 Å². The van der Waals surface area contributed by atoms with Crippen LogP contribution in [0.15, 0.2) is 36.5 Å². The fourth-order valence-electron chi connectivity index (χ4n) is 1.43. The molecule has 2 rings (SSSR count). The Morgan fingerprint density at radius 1 is 1.38 bits per heavy atom. The number of halogens is 1. The Morgan fingerprint density at radius 2 is 2.25 bits per heavy atom. The largest absolute Gasteiger partial charge is 0.497 e. The van der Waals surface area contributed by atoms with E-state index in [0.717, 1.165) is 17.1 Å². The van der Waals surface area contributed by atoms with Crippen LogP contribution < -0.4 is 10.1 Å². The van der Waals surface area contributed by atoms with Gasteiger partial charge in [0, 0.05) is 18.0 Å². The number of rotatable bonds is 4. The van der Waals surface area contributed by atoms with Crippen molar-refractivity contribution in [1.29, 1.82) is 0 Å². The molecule has 1 aromatic carbocycles. The van der Waals surface area contributed by atoms with E-state index >= 15 is 0 Å². The highest BCUT2D eigenvalue weighted by Crippen LogP contribution is 2.26. The van der Waals surface area contributed by atoms with E-state index in [0.29, 0.717) is 11.6 Å². The van der Waals surface area contributed by atoms with Crippen molar-refractivity contribution in [3.05, 3.63) is 47.2 Å². The Bertz CT molecular complexity index is 454. The third-order valence-corrected chi connectivity index (χ3v) is 2.63. The van der Waals surface area contributed by atoms with Gasteiger partial charge in [-0.3, -0.25) is 0 Å². The number of hydrogen-bond donors (Lipinski definition) is 2. The normalized spacial score (nSPS) is 10.1. The Kier molecular flexibility index (Phi) is 3.37. The van der Waals surface area contributed by atoms with Gasteiger partial charge >= 0.3 is 0 Å². The quantitative estimate of drug-likeness (QED) is 0.855. The second-order valence-corrected chi connectivity index (χ2v) is 3.80. The molecule has 3 nitrogen and oxygen atoms in total. The molecule has 0 fully saturated rings. The van der Waals surface area contributed by atoms with Gasteiger partial charge in [0.15, 0.2) is 0 Å². The second-order valence-electron chi connectivity index (χ2n) is 3.39. The SMILES string of the molecule is COc1ccc(Cl)c(NCc2ccc[nH]2)c1. The highest BCUT2D eigenvalue weighted by atomic mass is 35.5. The fraction of sp³-hybridized carbons (Fsp3) is 0.167. The second kappa shape index (κ2) is 4.94. The van der Waals surface area contributed by atoms with Gasteiger partial charge in [-0.05, 0) is 24.3 Å². The Morgan fingerprint density at radius 3 is 2.94 bits per heavy atom. The highest BCUT2D eigenvalue weighted by Gasteiger charge is 2.02. The number of ether oxygens (including phenoxy) is 1. The first-order valence-corrected chi connectivity index (χ1v) is 5.37. The lowest BCUT2D eigenvalue weighted by Gasteiger charge is -2.09. The van der Waals surface area contributed by atoms with E-state index in [2.05, 4.69) is 10.3 Å². The molecule has 0 amide bonds. The number of hydrogen-bond acceptors (Lipinski definition) is 2. The van der Waals surface area contributed by atoms with Crippen LogP contribution in [0.1, 0.15) is 5.69 Å². The van der Waals surface area contributed by atoms with Crippen LogP contribution in [0.5, 0.6) is 5.75 Å². The lowest BCUT2D eigenvalue weighted by Crippen LogP contribution is -2.00. The van der Waals surface area contributed by atoms with E-state index in [1.54, 1.807) is 7.11 Å². The maximum absolute atomic E-state index is 6.07. The molecule has 0 aliphatic carbocycles. The van der Waals surface area contributed by atoms with Crippen molar-refractivity contribution in [3.8, 4) is 5.75 Å². The number of H-pyrrole nitrogens is 1. The summed E-state index contributed by atoms with van der Waals surface area (Å²) in [6.45, 7) is 0.708. The highest BCUT2D eigenvalue weighted by molar-refractivity contribution is 6.33. The van der Waals surface area contributed by atoms with E-state index in [-0.39, 0.29) is 0 Å². The average molecular weight is 237 g/mol. The minimum absolute atomic E-state index is 0.687. The number of nitrogens with one attached hydrogen (secondary N) is 2. The standard InChI is InChI=1S/C12H13ClN2O/c1-16-10-4-5-11(13)12(7-10)15-8-9-3-2-6-14-9/h2-7,14-15H,8H2,1H3. The molecule has 1 heterocycles. The summed E-state index contributed by atoms with van der Waals surface area (Å²) in [6, 6.07) is 9.51. The van der Waals surface area contributed by atoms with E-state index in [4.69, 9.17) is 16.3 Å². The molecule has 84 valence electrons. The molecule has 2 N–H and O–H groups in total. The van der Waals surface area contributed by atoms with Gasteiger partial charge in [-0.25, -0.2) is 0 Å². The van der Waals surface area contributed by atoms with Gasteiger partial charge < -0.3 is 15.0 Å². The topological polar surface area (TPSA) is 37.0 Å². The van der Waals surface area contributed by atoms with Crippen LogP contribution in [0.2, 0.25) is 5.02 Å². The molecule has 0 atom stereocenters. The smallest absolute Gasteiger partial charge is 0.121 e. The number of aromatic amines is 1. The zero-order chi connectivity index (χ0) is 11.4. The zero-order valence-corrected chi connectivity index (χ0v) is 9.71. The van der Waals surface area contributed by atoms with E-state index < -0.39 is 0 Å². The van der Waals surface area contributed by atoms with Crippen LogP contribution in [-0.2, 0) is 6.54 Å². The monoisotopic (exact) mass is 236 g/mol. The van der Waals surface area contributed by atoms with Crippen LogP contribution in [0.4, 0.5) is 5.69 Å². The Labute approximate surface area is 99.4 Å². The van der Waals surface area contributed by atoms with Gasteiger partial charge in [-0.15, -0.1) is 0 Å². The third kappa shape index (κ3) is 2.49. The van der Waals surface area contributed by atoms with Crippen molar-refractivity contribution in [2.75, 3.05) is 12.4 Å². The van der Waals surface area contributed by atoms with Crippen molar-refractivity contribution >= 4 is 17.3 Å². The van der Waals surface area contributed by atoms with Crippen LogP contribution in [0, 0.1) is 0 Å². The lowest BCUT2D eigenvalue weighted by molar-refractivity contribution is 0.415. The van der Waals surface area contributed by atoms with Crippen LogP contribution in [-0.4, -0.2) is 12.1 Å². The molecule has 0 spiro atoms. The van der Waals surface area contributed by atoms with E-state index in [9.17, 15) is 0 Å². The maximum Gasteiger partial charge on any atom is 0.121 e. The molecule has 16 heavy (non-hydrogen) atoms. The average Bonchev–Trinajstić information content (AvgIpc) is 2.81. The van der Waals surface area contributed by atoms with Gasteiger partial charge in [0.05, 0.1) is 24.4 Å². The molecule has 0 saturated carbocycles. The molecular formula is C12H13ClN2O. The molecule has 0 saturated heterocycles. The number of benzene rings is 1. The van der Waals surface area contributed by atoms with Crippen LogP contribution >= 0.6 is 11.6 Å². The summed E-state index contributed by atoms with van der Waals surface area (Å²) in [7, 11) is 1.64. The van der Waals surface area contributed by atoms with E-state index in [1.165, 1.54) is 0 Å². The summed E-state index contributed by atoms with van der Waals surface area (Å²) in [5.74, 6) is 0.790. The Balaban J connectivity index is 2.08. The molecule has 0 bridgehead atoms. The molecule has 0 unspecified atom stereocenters. The van der Waals surface area contributed by atoms with Crippen molar-refractivity contribution in [1.82, 2.24) is 4.98 Å². The van der Waals surface area contributed by atoms with Crippen molar-refractivity contribution in [3.63, 3.8) is 0 Å². The predicted molar refractivity (Wildman–Crippen MR) is 66.1 cm³/mol. The molecule has 0 aliphatic rings. The molecule has 1 aromatic heterocycles. The maximum atomic E-state index is 6.07. The molecule has 0 radical (unpaired) electrons. The summed E-state index contributed by atoms with van der Waals surface area (Å²) in [6.07, 6.45) is 1.89. The first-order valence-electron chi connectivity index (χ1n) is 4.99. The lowest BCUT2D eigenvalue weighted by atomic mass is 10.3. The van der Waals surface area contributed by atoms with Crippen molar-refractivity contribution in [2.24, 2.45) is 0 Å². The van der Waals surface area contributed by atoms with Gasteiger partial charge in [-0.1, -0.05) is 11.6 Å². The van der Waals surface area contributed by atoms with Gasteiger partial charge in [0.25, 0.3) is 0 Å². The molecule has 2 aromatic rings. The van der Waals surface area contributed by atoms with Crippen LogP contribution in [0.3, 0.4) is 0 Å². The summed E-state index contributed by atoms with van der Waals surface area (Å²) in [4.78, 5) is 3.12. The number of methoxy groups -OCH3 is 1. The summed E-state index contributed by atoms with van der Waals surface area (Å²) in [5, 5.41) is 3.93. The van der Waals surface area contributed by atoms with Gasteiger partial charge in [0.2, 0.25) is 0 Å². The predicted octanol–water partition coefficient (Wildman–Crippen LogP) is 3.29. The number of anilines is 1. The minimum Gasteiger partial charge on any atom is -0.497 e. The fourth-order valence-corrected chi connectivity index (χ4v) is 1.62. The molecular weight excluding hydrogens is 224 g/mol. The first-order chi connectivity index (χ1) is 7.79. The summed E-state index contributed by atoms with van der Waals surface area (Å²) < 4.78 is 5.14. The first kappa shape index (κ1) is 10.9. The third-order valence-electron chi connectivity index (χ3n) is 2.31.